The molecule has 1 aliphatic rings. The van der Waals surface area contributed by atoms with Crippen LogP contribution >= 0.6 is 0 Å². The van der Waals surface area contributed by atoms with Gasteiger partial charge in [0.15, 0.2) is 0 Å². The molecular weight excluding hydrogens is 246 g/mol. The Morgan fingerprint density at radius 2 is 1.65 bits per heavy atom. The second-order valence-corrected chi connectivity index (χ2v) is 6.01. The number of nitrogens with zero attached hydrogens (tertiary/aromatic N) is 1. The van der Waals surface area contributed by atoms with Crippen LogP contribution in [0.25, 0.3) is 0 Å². The van der Waals surface area contributed by atoms with Crippen LogP contribution in [0.3, 0.4) is 0 Å². The maximum atomic E-state index is 4.60. The van der Waals surface area contributed by atoms with Crippen molar-refractivity contribution in [2.75, 3.05) is 23.7 Å². The predicted octanol–water partition coefficient (Wildman–Crippen LogP) is 4.53. The number of hydrogen-bond acceptors (Lipinski definition) is 3. The van der Waals surface area contributed by atoms with Crippen LogP contribution in [0.1, 0.15) is 52.4 Å². The van der Waals surface area contributed by atoms with Crippen molar-refractivity contribution in [2.24, 2.45) is 11.8 Å². The molecule has 0 aromatic carbocycles. The Kier molecular flexibility index (Phi) is 6.16. The van der Waals surface area contributed by atoms with Crippen LogP contribution in [0.2, 0.25) is 0 Å². The van der Waals surface area contributed by atoms with Crippen molar-refractivity contribution in [1.29, 1.82) is 0 Å². The molecule has 0 amide bonds. The Morgan fingerprint density at radius 3 is 2.30 bits per heavy atom. The fourth-order valence-corrected chi connectivity index (χ4v) is 2.98. The second-order valence-electron chi connectivity index (χ2n) is 6.01. The maximum absolute atomic E-state index is 4.60. The molecule has 0 radical (unpaired) electrons. The van der Waals surface area contributed by atoms with E-state index in [9.17, 15) is 0 Å². The standard InChI is InChI=1S/C17H29N3/c1-3-12-18-16-6-5-7-17(20-16)19-13-15-10-8-14(4-2)9-11-15/h5-7,14-15H,3-4,8-13H2,1-2H3,(H2,18,19,20). The number of nitrogens with one attached hydrogen (secondary N) is 2. The summed E-state index contributed by atoms with van der Waals surface area (Å²) in [7, 11) is 0. The highest BCUT2D eigenvalue weighted by Crippen LogP contribution is 2.30. The second kappa shape index (κ2) is 8.13. The van der Waals surface area contributed by atoms with E-state index >= 15 is 0 Å². The van der Waals surface area contributed by atoms with Gasteiger partial charge in [0.1, 0.15) is 11.6 Å². The molecule has 0 unspecified atom stereocenters. The molecule has 3 nitrogen and oxygen atoms in total. The first-order chi connectivity index (χ1) is 9.81. The molecule has 0 bridgehead atoms. The zero-order chi connectivity index (χ0) is 14.2. The van der Waals surface area contributed by atoms with Crippen LogP contribution in [-0.2, 0) is 0 Å². The summed E-state index contributed by atoms with van der Waals surface area (Å²) in [6.45, 7) is 6.54. The first-order valence-electron chi connectivity index (χ1n) is 8.26. The first-order valence-corrected chi connectivity index (χ1v) is 8.26. The number of anilines is 2. The van der Waals surface area contributed by atoms with Crippen molar-refractivity contribution in [1.82, 2.24) is 4.98 Å². The molecule has 1 aromatic heterocycles. The van der Waals surface area contributed by atoms with Gasteiger partial charge in [-0.15, -0.1) is 0 Å². The summed E-state index contributed by atoms with van der Waals surface area (Å²) in [5.74, 6) is 3.79. The van der Waals surface area contributed by atoms with Crippen molar-refractivity contribution in [3.05, 3.63) is 18.2 Å². The highest BCUT2D eigenvalue weighted by atomic mass is 15.1. The molecule has 1 saturated carbocycles. The quantitative estimate of drug-likeness (QED) is 0.767. The molecule has 1 aromatic rings. The number of hydrogen-bond donors (Lipinski definition) is 2. The molecule has 0 atom stereocenters. The van der Waals surface area contributed by atoms with E-state index in [1.54, 1.807) is 0 Å². The Bertz CT molecular complexity index is 384. The first kappa shape index (κ1) is 15.1. The average molecular weight is 275 g/mol. The van der Waals surface area contributed by atoms with Gasteiger partial charge < -0.3 is 10.6 Å². The van der Waals surface area contributed by atoms with Crippen LogP contribution in [0, 0.1) is 11.8 Å². The van der Waals surface area contributed by atoms with E-state index in [-0.39, 0.29) is 0 Å². The SMILES string of the molecule is CCCNc1cccc(NCC2CCC(CC)CC2)n1. The zero-order valence-corrected chi connectivity index (χ0v) is 13.0. The lowest BCUT2D eigenvalue weighted by molar-refractivity contribution is 0.278. The van der Waals surface area contributed by atoms with Gasteiger partial charge >= 0.3 is 0 Å². The van der Waals surface area contributed by atoms with Gasteiger partial charge in [-0.05, 0) is 43.2 Å². The van der Waals surface area contributed by atoms with Crippen LogP contribution < -0.4 is 10.6 Å². The molecule has 0 spiro atoms. The summed E-state index contributed by atoms with van der Waals surface area (Å²) in [5.41, 5.74) is 0. The van der Waals surface area contributed by atoms with E-state index < -0.39 is 0 Å². The third kappa shape index (κ3) is 4.69. The van der Waals surface area contributed by atoms with Crippen molar-refractivity contribution in [2.45, 2.75) is 52.4 Å². The molecular formula is C17H29N3. The van der Waals surface area contributed by atoms with E-state index in [2.05, 4.69) is 41.6 Å². The predicted molar refractivity (Wildman–Crippen MR) is 87.2 cm³/mol. The summed E-state index contributed by atoms with van der Waals surface area (Å²) >= 11 is 0. The van der Waals surface area contributed by atoms with Crippen LogP contribution in [0.15, 0.2) is 18.2 Å². The largest absolute Gasteiger partial charge is 0.370 e. The third-order valence-electron chi connectivity index (χ3n) is 4.42. The monoisotopic (exact) mass is 275 g/mol. The molecule has 2 N–H and O–H groups in total. The lowest BCUT2D eigenvalue weighted by Gasteiger charge is -2.28. The highest BCUT2D eigenvalue weighted by molar-refractivity contribution is 5.45. The van der Waals surface area contributed by atoms with Crippen LogP contribution in [-0.4, -0.2) is 18.1 Å². The molecule has 1 fully saturated rings. The fraction of sp³-hybridized carbons (Fsp3) is 0.706. The van der Waals surface area contributed by atoms with Crippen molar-refractivity contribution in [3.63, 3.8) is 0 Å². The Morgan fingerprint density at radius 1 is 1.00 bits per heavy atom. The van der Waals surface area contributed by atoms with E-state index in [1.165, 1.54) is 32.1 Å². The zero-order valence-electron chi connectivity index (χ0n) is 13.0. The van der Waals surface area contributed by atoms with Gasteiger partial charge in [-0.25, -0.2) is 4.98 Å². The molecule has 0 saturated heterocycles. The summed E-state index contributed by atoms with van der Waals surface area (Å²) in [5, 5.41) is 6.85. The van der Waals surface area contributed by atoms with Gasteiger partial charge in [0.05, 0.1) is 0 Å². The Labute approximate surface area is 123 Å². The van der Waals surface area contributed by atoms with Gasteiger partial charge in [-0.1, -0.05) is 39.2 Å². The Hall–Kier alpha value is -1.25. The number of aromatic nitrogens is 1. The van der Waals surface area contributed by atoms with Crippen LogP contribution in [0.5, 0.6) is 0 Å². The van der Waals surface area contributed by atoms with E-state index in [0.29, 0.717) is 0 Å². The van der Waals surface area contributed by atoms with Gasteiger partial charge in [-0.3, -0.25) is 0 Å². The fourth-order valence-electron chi connectivity index (χ4n) is 2.98. The van der Waals surface area contributed by atoms with Gasteiger partial charge in [0.2, 0.25) is 0 Å². The number of rotatable bonds is 7. The van der Waals surface area contributed by atoms with Gasteiger partial charge in [-0.2, -0.15) is 0 Å². The minimum absolute atomic E-state index is 0.826. The number of pyridine rings is 1. The molecule has 3 heteroatoms. The Balaban J connectivity index is 1.76. The minimum Gasteiger partial charge on any atom is -0.370 e. The lowest BCUT2D eigenvalue weighted by Crippen LogP contribution is -2.21. The van der Waals surface area contributed by atoms with Gasteiger partial charge in [0, 0.05) is 13.1 Å². The molecule has 112 valence electrons. The average Bonchev–Trinajstić information content (AvgIpc) is 2.52. The lowest BCUT2D eigenvalue weighted by atomic mass is 9.81. The molecule has 2 rings (SSSR count). The molecule has 1 aliphatic carbocycles. The smallest absolute Gasteiger partial charge is 0.128 e. The minimum atomic E-state index is 0.826. The third-order valence-corrected chi connectivity index (χ3v) is 4.42. The van der Waals surface area contributed by atoms with Gasteiger partial charge in [0.25, 0.3) is 0 Å². The van der Waals surface area contributed by atoms with E-state index in [0.717, 1.165) is 43.0 Å². The van der Waals surface area contributed by atoms with Crippen LogP contribution in [0.4, 0.5) is 11.6 Å². The topological polar surface area (TPSA) is 37.0 Å². The maximum Gasteiger partial charge on any atom is 0.128 e. The molecule has 20 heavy (non-hydrogen) atoms. The van der Waals surface area contributed by atoms with Crippen molar-refractivity contribution >= 4 is 11.6 Å². The highest BCUT2D eigenvalue weighted by Gasteiger charge is 2.19. The summed E-state index contributed by atoms with van der Waals surface area (Å²) in [6.07, 6.45) is 8.05. The molecule has 0 aliphatic heterocycles. The summed E-state index contributed by atoms with van der Waals surface area (Å²) in [4.78, 5) is 4.60. The van der Waals surface area contributed by atoms with Crippen molar-refractivity contribution in [3.8, 4) is 0 Å². The summed E-state index contributed by atoms with van der Waals surface area (Å²) < 4.78 is 0. The summed E-state index contributed by atoms with van der Waals surface area (Å²) in [6, 6.07) is 6.17. The normalized spacial score (nSPS) is 22.5. The molecule has 1 heterocycles. The van der Waals surface area contributed by atoms with Crippen molar-refractivity contribution < 1.29 is 0 Å². The van der Waals surface area contributed by atoms with E-state index in [1.807, 2.05) is 6.07 Å². The van der Waals surface area contributed by atoms with E-state index in [4.69, 9.17) is 0 Å².